The van der Waals surface area contributed by atoms with Gasteiger partial charge in [0.2, 0.25) is 0 Å². The molecule has 0 radical (unpaired) electrons. The average molecular weight is 186 g/mol. The van der Waals surface area contributed by atoms with E-state index in [9.17, 15) is 13.6 Å². The van der Waals surface area contributed by atoms with Crippen molar-refractivity contribution in [3.05, 3.63) is 35.1 Å². The molecule has 0 bridgehead atoms. The third-order valence-corrected chi connectivity index (χ3v) is 1.61. The molecule has 0 saturated heterocycles. The molecule has 0 unspecified atom stereocenters. The normalized spacial score (nSPS) is 9.77. The van der Waals surface area contributed by atoms with Gasteiger partial charge in [-0.2, -0.15) is 0 Å². The third kappa shape index (κ3) is 2.02. The highest BCUT2D eigenvalue weighted by molar-refractivity contribution is 5.89. The fourth-order valence-electron chi connectivity index (χ4n) is 0.922. The molecule has 0 fully saturated rings. The van der Waals surface area contributed by atoms with Crippen LogP contribution in [-0.4, -0.2) is 13.1 Å². The molecule has 0 aromatic heterocycles. The zero-order valence-electron chi connectivity index (χ0n) is 7.01. The highest BCUT2D eigenvalue weighted by Gasteiger charge is 2.08. The SMILES string of the molecule is COC(=O)c1ccc(F)c(CF)c1. The summed E-state index contributed by atoms with van der Waals surface area (Å²) in [5, 5.41) is 0. The van der Waals surface area contributed by atoms with Crippen molar-refractivity contribution in [2.75, 3.05) is 7.11 Å². The van der Waals surface area contributed by atoms with Crippen LogP contribution in [0.5, 0.6) is 0 Å². The van der Waals surface area contributed by atoms with Gasteiger partial charge in [-0.1, -0.05) is 0 Å². The van der Waals surface area contributed by atoms with Crippen LogP contribution in [0.1, 0.15) is 15.9 Å². The maximum Gasteiger partial charge on any atom is 0.337 e. The number of carbonyl (C=O) groups excluding carboxylic acids is 1. The predicted molar refractivity (Wildman–Crippen MR) is 42.6 cm³/mol. The van der Waals surface area contributed by atoms with Crippen molar-refractivity contribution in [3.8, 4) is 0 Å². The molecule has 0 aliphatic carbocycles. The highest BCUT2D eigenvalue weighted by Crippen LogP contribution is 2.12. The Hall–Kier alpha value is -1.45. The molecular formula is C9H8F2O2. The second-order valence-corrected chi connectivity index (χ2v) is 2.43. The Bertz CT molecular complexity index is 323. The van der Waals surface area contributed by atoms with Gasteiger partial charge in [-0.3, -0.25) is 0 Å². The first kappa shape index (κ1) is 9.64. The van der Waals surface area contributed by atoms with E-state index in [0.29, 0.717) is 0 Å². The molecule has 0 atom stereocenters. The minimum atomic E-state index is -0.934. The van der Waals surface area contributed by atoms with Gasteiger partial charge < -0.3 is 4.74 Å². The zero-order chi connectivity index (χ0) is 9.84. The zero-order valence-corrected chi connectivity index (χ0v) is 7.01. The summed E-state index contributed by atoms with van der Waals surface area (Å²) in [6.45, 7) is -0.934. The van der Waals surface area contributed by atoms with Crippen molar-refractivity contribution in [1.82, 2.24) is 0 Å². The van der Waals surface area contributed by atoms with Gasteiger partial charge in [-0.15, -0.1) is 0 Å². The van der Waals surface area contributed by atoms with Gasteiger partial charge >= 0.3 is 5.97 Å². The van der Waals surface area contributed by atoms with Crippen molar-refractivity contribution < 1.29 is 18.3 Å². The minimum Gasteiger partial charge on any atom is -0.465 e. The number of ether oxygens (including phenoxy) is 1. The first-order chi connectivity index (χ1) is 6.19. The molecule has 1 aromatic carbocycles. The van der Waals surface area contributed by atoms with E-state index in [0.717, 1.165) is 12.1 Å². The fourth-order valence-corrected chi connectivity index (χ4v) is 0.922. The molecular weight excluding hydrogens is 178 g/mol. The first-order valence-electron chi connectivity index (χ1n) is 3.61. The Labute approximate surface area is 74.1 Å². The number of rotatable bonds is 2. The van der Waals surface area contributed by atoms with E-state index >= 15 is 0 Å². The Morgan fingerprint density at radius 3 is 2.77 bits per heavy atom. The standard InChI is InChI=1S/C9H8F2O2/c1-13-9(12)6-2-3-8(11)7(4-6)5-10/h2-4H,5H2,1H3. The number of halogens is 2. The molecule has 1 aromatic rings. The number of carbonyl (C=O) groups is 1. The van der Waals surface area contributed by atoms with E-state index in [1.54, 1.807) is 0 Å². The summed E-state index contributed by atoms with van der Waals surface area (Å²) in [4.78, 5) is 10.9. The number of benzene rings is 1. The predicted octanol–water partition coefficient (Wildman–Crippen LogP) is 2.08. The van der Waals surface area contributed by atoms with E-state index < -0.39 is 18.5 Å². The Kier molecular flexibility index (Phi) is 2.95. The number of alkyl halides is 1. The summed E-state index contributed by atoms with van der Waals surface area (Å²) in [6.07, 6.45) is 0. The van der Waals surface area contributed by atoms with E-state index in [1.165, 1.54) is 13.2 Å². The largest absolute Gasteiger partial charge is 0.465 e. The van der Waals surface area contributed by atoms with Gasteiger partial charge in [0, 0.05) is 5.56 Å². The molecule has 0 heterocycles. The minimum absolute atomic E-state index is 0.136. The van der Waals surface area contributed by atoms with Crippen molar-refractivity contribution in [2.24, 2.45) is 0 Å². The van der Waals surface area contributed by atoms with Crippen LogP contribution in [-0.2, 0) is 11.4 Å². The fraction of sp³-hybridized carbons (Fsp3) is 0.222. The Balaban J connectivity index is 3.06. The molecule has 13 heavy (non-hydrogen) atoms. The van der Waals surface area contributed by atoms with Crippen molar-refractivity contribution in [1.29, 1.82) is 0 Å². The Morgan fingerprint density at radius 2 is 2.23 bits per heavy atom. The summed E-state index contributed by atoms with van der Waals surface area (Å²) in [6, 6.07) is 3.43. The topological polar surface area (TPSA) is 26.3 Å². The molecule has 0 saturated carbocycles. The number of hydrogen-bond donors (Lipinski definition) is 0. The monoisotopic (exact) mass is 186 g/mol. The lowest BCUT2D eigenvalue weighted by Crippen LogP contribution is -2.02. The van der Waals surface area contributed by atoms with E-state index in [2.05, 4.69) is 4.74 Å². The van der Waals surface area contributed by atoms with Crippen LogP contribution >= 0.6 is 0 Å². The van der Waals surface area contributed by atoms with Crippen LogP contribution in [0.15, 0.2) is 18.2 Å². The van der Waals surface area contributed by atoms with Crippen LogP contribution in [0.25, 0.3) is 0 Å². The maximum atomic E-state index is 12.7. The van der Waals surface area contributed by atoms with Gasteiger partial charge in [0.1, 0.15) is 12.5 Å². The van der Waals surface area contributed by atoms with Gasteiger partial charge in [0.15, 0.2) is 0 Å². The van der Waals surface area contributed by atoms with Gasteiger partial charge in [0.05, 0.1) is 12.7 Å². The third-order valence-electron chi connectivity index (χ3n) is 1.61. The summed E-state index contributed by atoms with van der Waals surface area (Å²) in [5.74, 6) is -1.26. The molecule has 0 spiro atoms. The maximum absolute atomic E-state index is 12.7. The van der Waals surface area contributed by atoms with Crippen molar-refractivity contribution in [2.45, 2.75) is 6.67 Å². The number of esters is 1. The smallest absolute Gasteiger partial charge is 0.337 e. The van der Waals surface area contributed by atoms with Crippen LogP contribution in [0.3, 0.4) is 0 Å². The van der Waals surface area contributed by atoms with E-state index in [1.807, 2.05) is 0 Å². The lowest BCUT2D eigenvalue weighted by Gasteiger charge is -2.01. The highest BCUT2D eigenvalue weighted by atomic mass is 19.1. The van der Waals surface area contributed by atoms with Crippen LogP contribution < -0.4 is 0 Å². The average Bonchev–Trinajstić information content (AvgIpc) is 2.17. The summed E-state index contributed by atoms with van der Waals surface area (Å²) in [5.41, 5.74) is 0.0134. The second kappa shape index (κ2) is 3.98. The van der Waals surface area contributed by atoms with Gasteiger partial charge in [-0.25, -0.2) is 13.6 Å². The van der Waals surface area contributed by atoms with E-state index in [4.69, 9.17) is 0 Å². The first-order valence-corrected chi connectivity index (χ1v) is 3.61. The molecule has 4 heteroatoms. The van der Waals surface area contributed by atoms with E-state index in [-0.39, 0.29) is 11.1 Å². The number of methoxy groups -OCH3 is 1. The van der Waals surface area contributed by atoms with Crippen LogP contribution in [0.4, 0.5) is 8.78 Å². The molecule has 1 rings (SSSR count). The Morgan fingerprint density at radius 1 is 1.54 bits per heavy atom. The molecule has 2 nitrogen and oxygen atoms in total. The quantitative estimate of drug-likeness (QED) is 0.661. The lowest BCUT2D eigenvalue weighted by molar-refractivity contribution is 0.0600. The summed E-state index contributed by atoms with van der Waals surface area (Å²) < 4.78 is 29.3. The molecule has 70 valence electrons. The second-order valence-electron chi connectivity index (χ2n) is 2.43. The molecule has 0 aliphatic rings. The summed E-state index contributed by atoms with van der Waals surface area (Å²) >= 11 is 0. The lowest BCUT2D eigenvalue weighted by atomic mass is 10.1. The van der Waals surface area contributed by atoms with Crippen molar-refractivity contribution >= 4 is 5.97 Å². The number of hydrogen-bond acceptors (Lipinski definition) is 2. The molecule has 0 aliphatic heterocycles. The van der Waals surface area contributed by atoms with Gasteiger partial charge in [0.25, 0.3) is 0 Å². The molecule has 0 N–H and O–H groups in total. The van der Waals surface area contributed by atoms with Crippen molar-refractivity contribution in [3.63, 3.8) is 0 Å². The summed E-state index contributed by atoms with van der Waals surface area (Å²) in [7, 11) is 1.21. The van der Waals surface area contributed by atoms with Crippen LogP contribution in [0.2, 0.25) is 0 Å². The molecule has 0 amide bonds. The van der Waals surface area contributed by atoms with Crippen LogP contribution in [0, 0.1) is 5.82 Å². The van der Waals surface area contributed by atoms with Gasteiger partial charge in [-0.05, 0) is 18.2 Å².